The van der Waals surface area contributed by atoms with Crippen molar-refractivity contribution in [2.24, 2.45) is 11.8 Å². The molecule has 21 heavy (non-hydrogen) atoms. The number of Topliss-reactive ketones (excluding diaryl/α,β-unsaturated/α-hetero) is 1. The summed E-state index contributed by atoms with van der Waals surface area (Å²) in [6, 6.07) is -0.346. The van der Waals surface area contributed by atoms with Crippen molar-refractivity contribution in [3.8, 4) is 0 Å². The number of amides is 2. The van der Waals surface area contributed by atoms with E-state index >= 15 is 0 Å². The maximum atomic E-state index is 12.0. The van der Waals surface area contributed by atoms with Crippen LogP contribution in [0.1, 0.15) is 52.9 Å². The lowest BCUT2D eigenvalue weighted by Crippen LogP contribution is -2.40. The minimum Gasteiger partial charge on any atom is -0.308 e. The third-order valence-corrected chi connectivity index (χ3v) is 4.45. The first kappa shape index (κ1) is 17.8. The number of imide groups is 1. The lowest BCUT2D eigenvalue weighted by Gasteiger charge is -2.29. The Balaban J connectivity index is 0.00000106. The molecule has 2 rings (SSSR count). The molecule has 120 valence electrons. The molecule has 1 atom stereocenters. The quantitative estimate of drug-likeness (QED) is 0.803. The molecule has 1 aliphatic carbocycles. The first-order valence-electron chi connectivity index (χ1n) is 8.04. The van der Waals surface area contributed by atoms with Gasteiger partial charge in [-0.1, -0.05) is 13.8 Å². The second kappa shape index (κ2) is 8.27. The average molecular weight is 296 g/mol. The number of hydrogen-bond donors (Lipinski definition) is 1. The molecule has 0 aromatic carbocycles. The molecule has 0 bridgehead atoms. The van der Waals surface area contributed by atoms with Gasteiger partial charge in [0.2, 0.25) is 11.8 Å². The molecule has 0 radical (unpaired) electrons. The number of hydrogen-bond acceptors (Lipinski definition) is 4. The van der Waals surface area contributed by atoms with Crippen LogP contribution in [0.3, 0.4) is 0 Å². The van der Waals surface area contributed by atoms with Crippen molar-refractivity contribution in [3.63, 3.8) is 0 Å². The van der Waals surface area contributed by atoms with Crippen LogP contribution < -0.4 is 5.32 Å². The summed E-state index contributed by atoms with van der Waals surface area (Å²) in [5.41, 5.74) is 0. The van der Waals surface area contributed by atoms with Gasteiger partial charge in [0, 0.05) is 12.5 Å². The Morgan fingerprint density at radius 1 is 1.19 bits per heavy atom. The van der Waals surface area contributed by atoms with Gasteiger partial charge in [0.1, 0.15) is 5.78 Å². The highest BCUT2D eigenvalue weighted by molar-refractivity contribution is 6.05. The van der Waals surface area contributed by atoms with E-state index in [2.05, 4.69) is 5.32 Å². The molecular weight excluding hydrogens is 268 g/mol. The summed E-state index contributed by atoms with van der Waals surface area (Å²) in [6.45, 7) is 6.18. The summed E-state index contributed by atoms with van der Waals surface area (Å²) >= 11 is 0. The highest BCUT2D eigenvalue weighted by atomic mass is 16.2. The van der Waals surface area contributed by atoms with Crippen LogP contribution >= 0.6 is 0 Å². The van der Waals surface area contributed by atoms with Gasteiger partial charge in [0.05, 0.1) is 12.5 Å². The lowest BCUT2D eigenvalue weighted by atomic mass is 9.80. The van der Waals surface area contributed by atoms with Gasteiger partial charge in [-0.15, -0.1) is 0 Å². The van der Waals surface area contributed by atoms with Gasteiger partial charge in [-0.25, -0.2) is 0 Å². The zero-order chi connectivity index (χ0) is 16.0. The van der Waals surface area contributed by atoms with E-state index in [0.29, 0.717) is 12.5 Å². The Morgan fingerprint density at radius 3 is 2.19 bits per heavy atom. The number of carbonyl (C=O) groups is 3. The lowest BCUT2D eigenvalue weighted by molar-refractivity contribution is -0.140. The number of carbonyl (C=O) groups excluding carboxylic acids is 3. The van der Waals surface area contributed by atoms with Gasteiger partial charge >= 0.3 is 0 Å². The Kier molecular flexibility index (Phi) is 7.02. The molecule has 5 nitrogen and oxygen atoms in total. The maximum absolute atomic E-state index is 12.0. The molecule has 2 amide bonds. The number of likely N-dealkylation sites (N-methyl/N-ethyl adjacent to an activating group) is 1. The van der Waals surface area contributed by atoms with Crippen molar-refractivity contribution in [2.75, 3.05) is 13.6 Å². The molecule has 1 heterocycles. The summed E-state index contributed by atoms with van der Waals surface area (Å²) in [5.74, 6) is 0.645. The van der Waals surface area contributed by atoms with E-state index in [-0.39, 0.29) is 36.0 Å². The van der Waals surface area contributed by atoms with E-state index in [1.54, 1.807) is 14.0 Å². The molecule has 1 unspecified atom stereocenters. The predicted octanol–water partition coefficient (Wildman–Crippen LogP) is 1.75. The smallest absolute Gasteiger partial charge is 0.246 e. The summed E-state index contributed by atoms with van der Waals surface area (Å²) in [5, 5.41) is 2.88. The molecule has 2 aliphatic rings. The topological polar surface area (TPSA) is 66.5 Å². The number of ketones is 1. The first-order chi connectivity index (χ1) is 10.0. The molecule has 1 N–H and O–H groups in total. The minimum absolute atomic E-state index is 0.0713. The fourth-order valence-corrected chi connectivity index (χ4v) is 3.11. The summed E-state index contributed by atoms with van der Waals surface area (Å²) < 4.78 is 0. The highest BCUT2D eigenvalue weighted by Crippen LogP contribution is 2.30. The fourth-order valence-electron chi connectivity index (χ4n) is 3.11. The SMILES string of the molecule is CC.CNC1CC(=O)N(CC2CCC(C(C)=O)CC2)C1=O. The van der Waals surface area contributed by atoms with E-state index in [4.69, 9.17) is 0 Å². The van der Waals surface area contributed by atoms with Crippen molar-refractivity contribution in [1.29, 1.82) is 0 Å². The van der Waals surface area contributed by atoms with Crippen LogP contribution in [0.5, 0.6) is 0 Å². The van der Waals surface area contributed by atoms with Gasteiger partial charge in [-0.05, 0) is 45.6 Å². The van der Waals surface area contributed by atoms with E-state index < -0.39 is 0 Å². The highest BCUT2D eigenvalue weighted by Gasteiger charge is 2.39. The largest absolute Gasteiger partial charge is 0.308 e. The zero-order valence-corrected chi connectivity index (χ0v) is 13.6. The van der Waals surface area contributed by atoms with Gasteiger partial charge in [-0.3, -0.25) is 19.3 Å². The van der Waals surface area contributed by atoms with Crippen LogP contribution in [0.2, 0.25) is 0 Å². The average Bonchev–Trinajstić information content (AvgIpc) is 2.77. The maximum Gasteiger partial charge on any atom is 0.246 e. The van der Waals surface area contributed by atoms with E-state index in [1.807, 2.05) is 13.8 Å². The van der Waals surface area contributed by atoms with Crippen LogP contribution in [0, 0.1) is 11.8 Å². The Morgan fingerprint density at radius 2 is 1.76 bits per heavy atom. The zero-order valence-electron chi connectivity index (χ0n) is 13.6. The van der Waals surface area contributed by atoms with Crippen LogP contribution in [0.25, 0.3) is 0 Å². The second-order valence-corrected chi connectivity index (χ2v) is 5.72. The third kappa shape index (κ3) is 4.37. The normalized spacial score (nSPS) is 29.1. The summed E-state index contributed by atoms with van der Waals surface area (Å²) in [4.78, 5) is 36.5. The van der Waals surface area contributed by atoms with Crippen molar-refractivity contribution in [2.45, 2.75) is 58.9 Å². The van der Waals surface area contributed by atoms with Crippen molar-refractivity contribution >= 4 is 17.6 Å². The fraction of sp³-hybridized carbons (Fsp3) is 0.812. The third-order valence-electron chi connectivity index (χ3n) is 4.45. The predicted molar refractivity (Wildman–Crippen MR) is 81.7 cm³/mol. The minimum atomic E-state index is -0.346. The number of nitrogens with zero attached hydrogens (tertiary/aromatic N) is 1. The number of likely N-dealkylation sites (tertiary alicyclic amines) is 1. The first-order valence-corrected chi connectivity index (χ1v) is 8.04. The van der Waals surface area contributed by atoms with Crippen LogP contribution in [0.4, 0.5) is 0 Å². The molecular formula is C16H28N2O3. The molecule has 5 heteroatoms. The molecule has 0 aromatic rings. The second-order valence-electron chi connectivity index (χ2n) is 5.72. The van der Waals surface area contributed by atoms with E-state index in [9.17, 15) is 14.4 Å². The van der Waals surface area contributed by atoms with Crippen LogP contribution in [0.15, 0.2) is 0 Å². The van der Waals surface area contributed by atoms with Crippen molar-refractivity contribution < 1.29 is 14.4 Å². The standard InChI is InChI=1S/C14H22N2O3.C2H6/c1-9(17)11-5-3-10(4-6-11)8-16-13(18)7-12(15-2)14(16)19;1-2/h10-12,15H,3-8H2,1-2H3;1-2H3. The Bertz CT molecular complexity index is 387. The van der Waals surface area contributed by atoms with E-state index in [1.165, 1.54) is 4.90 Å². The number of rotatable bonds is 4. The van der Waals surface area contributed by atoms with Gasteiger partial charge in [0.15, 0.2) is 0 Å². The number of nitrogens with one attached hydrogen (secondary N) is 1. The van der Waals surface area contributed by atoms with Crippen molar-refractivity contribution in [3.05, 3.63) is 0 Å². The molecule has 1 saturated carbocycles. The molecule has 1 aliphatic heterocycles. The van der Waals surface area contributed by atoms with Crippen LogP contribution in [-0.2, 0) is 14.4 Å². The van der Waals surface area contributed by atoms with Crippen molar-refractivity contribution in [1.82, 2.24) is 10.2 Å². The van der Waals surface area contributed by atoms with Crippen LogP contribution in [-0.4, -0.2) is 42.1 Å². The Labute approximate surface area is 127 Å². The molecule has 2 fully saturated rings. The summed E-state index contributed by atoms with van der Waals surface area (Å²) in [6.07, 6.45) is 3.94. The molecule has 1 saturated heterocycles. The van der Waals surface area contributed by atoms with Gasteiger partial charge in [0.25, 0.3) is 0 Å². The van der Waals surface area contributed by atoms with Gasteiger partial charge < -0.3 is 5.32 Å². The van der Waals surface area contributed by atoms with E-state index in [0.717, 1.165) is 25.7 Å². The molecule has 0 aromatic heterocycles. The van der Waals surface area contributed by atoms with Gasteiger partial charge in [-0.2, -0.15) is 0 Å². The summed E-state index contributed by atoms with van der Waals surface area (Å²) in [7, 11) is 1.71. The monoisotopic (exact) mass is 296 g/mol. The Hall–Kier alpha value is -1.23. The molecule has 0 spiro atoms.